The molecule has 0 aliphatic rings. The topological polar surface area (TPSA) is 56.7 Å². The number of fused-ring (bicyclic) bond motifs is 6. The lowest BCUT2D eigenvalue weighted by molar-refractivity contribution is 0.669. The van der Waals surface area contributed by atoms with Gasteiger partial charge in [-0.3, -0.25) is 0 Å². The molecule has 0 saturated carbocycles. The lowest BCUT2D eigenvalue weighted by atomic mass is 10.00. The number of rotatable bonds is 8. The fraction of sp³-hybridized carbons (Fsp3) is 0. The molecule has 0 fully saturated rings. The fourth-order valence-corrected chi connectivity index (χ4v) is 9.75. The Morgan fingerprint density at radius 2 is 0.750 bits per heavy atom. The van der Waals surface area contributed by atoms with Crippen molar-refractivity contribution in [1.29, 1.82) is 0 Å². The minimum atomic E-state index is 0.570. The van der Waals surface area contributed by atoms with Crippen molar-refractivity contribution < 1.29 is 4.42 Å². The van der Waals surface area contributed by atoms with Crippen molar-refractivity contribution in [3.63, 3.8) is 0 Å². The maximum atomic E-state index is 6.78. The van der Waals surface area contributed by atoms with Gasteiger partial charge in [0.15, 0.2) is 17.5 Å². The highest BCUT2D eigenvalue weighted by molar-refractivity contribution is 6.19. The van der Waals surface area contributed by atoms with E-state index in [1.807, 2.05) is 24.3 Å². The monoisotopic (exact) mass is 868 g/mol. The van der Waals surface area contributed by atoms with Crippen molar-refractivity contribution in [2.45, 2.75) is 0 Å². The fourth-order valence-electron chi connectivity index (χ4n) is 9.75. The lowest BCUT2D eigenvalue weighted by Crippen LogP contribution is -2.00. The second-order valence-corrected chi connectivity index (χ2v) is 17.2. The standard InChI is InChI=1S/C63H40N4O/c1-4-16-41(17-5-1)44-32-34-45(35-33-44)48-24-14-27-51(38-48)67-56-30-11-10-28-52(56)54-40-59-55(39-57(54)67)60-53(29-15-31-58(60)68-59)63-65-61(49-25-12-22-46(36-49)42-18-6-2-7-19-42)64-62(66-63)50-26-13-23-47(37-50)43-20-8-3-9-21-43/h1-40H. The summed E-state index contributed by atoms with van der Waals surface area (Å²) in [5, 5.41) is 4.21. The zero-order valence-electron chi connectivity index (χ0n) is 36.8. The highest BCUT2D eigenvalue weighted by atomic mass is 16.3. The molecular formula is C63H40N4O. The maximum absolute atomic E-state index is 6.78. The second-order valence-electron chi connectivity index (χ2n) is 17.2. The molecule has 13 aromatic rings. The third kappa shape index (κ3) is 6.93. The molecule has 0 aliphatic carbocycles. The van der Waals surface area contributed by atoms with Crippen LogP contribution < -0.4 is 0 Å². The third-order valence-electron chi connectivity index (χ3n) is 13.1. The van der Waals surface area contributed by atoms with Crippen molar-refractivity contribution in [2.24, 2.45) is 0 Å². The Hall–Kier alpha value is -9.19. The van der Waals surface area contributed by atoms with Gasteiger partial charge in [-0.1, -0.05) is 194 Å². The Kier molecular flexibility index (Phi) is 9.43. The quantitative estimate of drug-likeness (QED) is 0.153. The summed E-state index contributed by atoms with van der Waals surface area (Å²) in [4.78, 5) is 15.8. The predicted octanol–water partition coefficient (Wildman–Crippen LogP) is 16.5. The Bertz CT molecular complexity index is 3900. The Balaban J connectivity index is 0.991. The molecular weight excluding hydrogens is 829 g/mol. The first-order valence-corrected chi connectivity index (χ1v) is 22.9. The van der Waals surface area contributed by atoms with Gasteiger partial charge in [0, 0.05) is 43.9 Å². The summed E-state index contributed by atoms with van der Waals surface area (Å²) in [7, 11) is 0. The molecule has 68 heavy (non-hydrogen) atoms. The summed E-state index contributed by atoms with van der Waals surface area (Å²) >= 11 is 0. The Morgan fingerprint density at radius 3 is 1.38 bits per heavy atom. The minimum absolute atomic E-state index is 0.570. The molecule has 0 saturated heterocycles. The van der Waals surface area contributed by atoms with E-state index in [1.54, 1.807) is 0 Å². The molecule has 0 spiro atoms. The second kappa shape index (κ2) is 16.4. The number of nitrogens with zero attached hydrogens (tertiary/aromatic N) is 4. The average Bonchev–Trinajstić information content (AvgIpc) is 3.95. The van der Waals surface area contributed by atoms with Crippen LogP contribution in [0, 0.1) is 0 Å². The third-order valence-corrected chi connectivity index (χ3v) is 13.1. The van der Waals surface area contributed by atoms with Crippen LogP contribution in [0.15, 0.2) is 247 Å². The molecule has 3 aromatic heterocycles. The van der Waals surface area contributed by atoms with Crippen molar-refractivity contribution in [3.05, 3.63) is 243 Å². The van der Waals surface area contributed by atoms with Gasteiger partial charge < -0.3 is 8.98 Å². The van der Waals surface area contributed by atoms with E-state index in [0.717, 1.165) is 99.5 Å². The van der Waals surface area contributed by atoms with Crippen LogP contribution in [-0.4, -0.2) is 19.5 Å². The smallest absolute Gasteiger partial charge is 0.164 e. The van der Waals surface area contributed by atoms with E-state index in [0.29, 0.717) is 17.5 Å². The summed E-state index contributed by atoms with van der Waals surface area (Å²) in [5.74, 6) is 1.75. The number of hydrogen-bond acceptors (Lipinski definition) is 4. The van der Waals surface area contributed by atoms with Gasteiger partial charge in [-0.15, -0.1) is 0 Å². The van der Waals surface area contributed by atoms with Crippen LogP contribution in [0.25, 0.3) is 128 Å². The van der Waals surface area contributed by atoms with Crippen LogP contribution in [0.2, 0.25) is 0 Å². The van der Waals surface area contributed by atoms with E-state index >= 15 is 0 Å². The van der Waals surface area contributed by atoms with Gasteiger partial charge in [0.05, 0.1) is 11.0 Å². The van der Waals surface area contributed by atoms with E-state index in [2.05, 4.69) is 223 Å². The van der Waals surface area contributed by atoms with Gasteiger partial charge in [0.1, 0.15) is 11.2 Å². The molecule has 0 radical (unpaired) electrons. The summed E-state index contributed by atoms with van der Waals surface area (Å²) < 4.78 is 9.16. The maximum Gasteiger partial charge on any atom is 0.164 e. The molecule has 318 valence electrons. The van der Waals surface area contributed by atoms with E-state index in [1.165, 1.54) is 11.1 Å². The number of para-hydroxylation sites is 1. The summed E-state index contributed by atoms with van der Waals surface area (Å²) in [6, 6.07) is 85.2. The van der Waals surface area contributed by atoms with Gasteiger partial charge in [-0.05, 0) is 93.0 Å². The summed E-state index contributed by atoms with van der Waals surface area (Å²) in [6.07, 6.45) is 0. The van der Waals surface area contributed by atoms with Crippen LogP contribution in [0.1, 0.15) is 0 Å². The van der Waals surface area contributed by atoms with Crippen molar-refractivity contribution in [2.75, 3.05) is 0 Å². The first-order chi connectivity index (χ1) is 33.7. The van der Waals surface area contributed by atoms with Gasteiger partial charge in [0.25, 0.3) is 0 Å². The minimum Gasteiger partial charge on any atom is -0.456 e. The molecule has 0 unspecified atom stereocenters. The molecule has 5 nitrogen and oxygen atoms in total. The molecule has 0 aliphatic heterocycles. The summed E-state index contributed by atoms with van der Waals surface area (Å²) in [6.45, 7) is 0. The van der Waals surface area contributed by atoms with Crippen LogP contribution in [0.5, 0.6) is 0 Å². The Labute approximate surface area is 392 Å². The SMILES string of the molecule is c1ccc(-c2ccc(-c3cccc(-n4c5ccccc5c5cc6oc7cccc(-c8nc(-c9cccc(-c%10ccccc%10)c9)nc(-c9cccc(-c%10ccccc%10)c9)n8)c7c6cc54)c3)cc2)cc1. The Morgan fingerprint density at radius 1 is 0.279 bits per heavy atom. The van der Waals surface area contributed by atoms with Gasteiger partial charge in [-0.2, -0.15) is 0 Å². The zero-order chi connectivity index (χ0) is 45.0. The van der Waals surface area contributed by atoms with Gasteiger partial charge in [0.2, 0.25) is 0 Å². The molecule has 10 aromatic carbocycles. The lowest BCUT2D eigenvalue weighted by Gasteiger charge is -2.12. The molecule has 0 amide bonds. The van der Waals surface area contributed by atoms with Crippen molar-refractivity contribution >= 4 is 43.7 Å². The highest BCUT2D eigenvalue weighted by Gasteiger charge is 2.21. The number of benzene rings is 10. The van der Waals surface area contributed by atoms with Crippen LogP contribution in [-0.2, 0) is 0 Å². The average molecular weight is 869 g/mol. The van der Waals surface area contributed by atoms with Crippen LogP contribution in [0.4, 0.5) is 0 Å². The molecule has 0 N–H and O–H groups in total. The van der Waals surface area contributed by atoms with E-state index in [9.17, 15) is 0 Å². The molecule has 0 atom stereocenters. The zero-order valence-corrected chi connectivity index (χ0v) is 36.8. The molecule has 0 bridgehead atoms. The highest BCUT2D eigenvalue weighted by Crippen LogP contribution is 2.42. The van der Waals surface area contributed by atoms with Crippen molar-refractivity contribution in [3.8, 4) is 84.4 Å². The molecule has 13 rings (SSSR count). The van der Waals surface area contributed by atoms with Gasteiger partial charge >= 0.3 is 0 Å². The normalized spacial score (nSPS) is 11.5. The first kappa shape index (κ1) is 39.2. The van der Waals surface area contributed by atoms with E-state index < -0.39 is 0 Å². The summed E-state index contributed by atoms with van der Waals surface area (Å²) in [5.41, 5.74) is 16.7. The number of furan rings is 1. The van der Waals surface area contributed by atoms with Gasteiger partial charge in [-0.25, -0.2) is 15.0 Å². The predicted molar refractivity (Wildman–Crippen MR) is 279 cm³/mol. The molecule has 3 heterocycles. The van der Waals surface area contributed by atoms with Crippen LogP contribution >= 0.6 is 0 Å². The van der Waals surface area contributed by atoms with Crippen LogP contribution in [0.3, 0.4) is 0 Å². The van der Waals surface area contributed by atoms with E-state index in [4.69, 9.17) is 19.4 Å². The van der Waals surface area contributed by atoms with Crippen molar-refractivity contribution in [1.82, 2.24) is 19.5 Å². The number of aromatic nitrogens is 4. The largest absolute Gasteiger partial charge is 0.456 e. The van der Waals surface area contributed by atoms with E-state index in [-0.39, 0.29) is 0 Å². The molecule has 5 heteroatoms. The number of hydrogen-bond donors (Lipinski definition) is 0. The first-order valence-electron chi connectivity index (χ1n) is 22.9.